The molecule has 114 valence electrons. The van der Waals surface area contributed by atoms with Gasteiger partial charge in [0.15, 0.2) is 0 Å². The molecule has 21 heavy (non-hydrogen) atoms. The van der Waals surface area contributed by atoms with Crippen molar-refractivity contribution in [3.63, 3.8) is 0 Å². The van der Waals surface area contributed by atoms with Gasteiger partial charge in [0.2, 0.25) is 5.91 Å². The second-order valence-corrected chi connectivity index (χ2v) is 5.31. The van der Waals surface area contributed by atoms with Gasteiger partial charge in [-0.25, -0.2) is 9.18 Å². The van der Waals surface area contributed by atoms with Crippen LogP contribution >= 0.6 is 0 Å². The Bertz CT molecular complexity index is 518. The molecule has 0 spiro atoms. The first-order valence-corrected chi connectivity index (χ1v) is 7.12. The summed E-state index contributed by atoms with van der Waals surface area (Å²) in [6.45, 7) is 4.31. The molecule has 0 aliphatic carbocycles. The van der Waals surface area contributed by atoms with Crippen LogP contribution in [0.4, 0.5) is 14.9 Å². The number of hydrogen-bond donors (Lipinski definition) is 2. The van der Waals surface area contributed by atoms with Crippen molar-refractivity contribution in [3.8, 4) is 0 Å². The highest BCUT2D eigenvalue weighted by Gasteiger charge is 2.31. The summed E-state index contributed by atoms with van der Waals surface area (Å²) < 4.78 is 12.9. The van der Waals surface area contributed by atoms with Crippen LogP contribution in [0.2, 0.25) is 0 Å². The van der Waals surface area contributed by atoms with Gasteiger partial charge in [-0.2, -0.15) is 0 Å². The third-order valence-electron chi connectivity index (χ3n) is 3.59. The Morgan fingerprint density at radius 1 is 1.43 bits per heavy atom. The lowest BCUT2D eigenvalue weighted by Crippen LogP contribution is -2.46. The molecule has 1 aliphatic rings. The van der Waals surface area contributed by atoms with Crippen molar-refractivity contribution in [3.05, 3.63) is 30.1 Å². The van der Waals surface area contributed by atoms with Crippen molar-refractivity contribution >= 4 is 17.6 Å². The number of carbonyl (C=O) groups is 2. The molecule has 2 N–H and O–H groups in total. The van der Waals surface area contributed by atoms with E-state index < -0.39 is 0 Å². The molecule has 0 unspecified atom stereocenters. The maximum atomic E-state index is 12.9. The number of nitrogens with zero attached hydrogens (tertiary/aromatic N) is 1. The highest BCUT2D eigenvalue weighted by atomic mass is 19.1. The largest absolute Gasteiger partial charge is 0.336 e. The lowest BCUT2D eigenvalue weighted by molar-refractivity contribution is -0.117. The Morgan fingerprint density at radius 3 is 2.71 bits per heavy atom. The van der Waals surface area contributed by atoms with E-state index in [4.69, 9.17) is 0 Å². The summed E-state index contributed by atoms with van der Waals surface area (Å²) in [6, 6.07) is 5.37. The maximum absolute atomic E-state index is 12.9. The van der Waals surface area contributed by atoms with Crippen LogP contribution in [0.5, 0.6) is 0 Å². The smallest absolute Gasteiger partial charge is 0.315 e. The zero-order valence-electron chi connectivity index (χ0n) is 12.2. The lowest BCUT2D eigenvalue weighted by atomic mass is 10.2. The summed E-state index contributed by atoms with van der Waals surface area (Å²) in [5.41, 5.74) is 0.646. The van der Waals surface area contributed by atoms with Crippen LogP contribution in [-0.2, 0) is 4.79 Å². The molecular formula is C15H20FN3O2. The Morgan fingerprint density at radius 2 is 2.10 bits per heavy atom. The van der Waals surface area contributed by atoms with Crippen molar-refractivity contribution in [1.29, 1.82) is 0 Å². The van der Waals surface area contributed by atoms with Crippen LogP contribution in [-0.4, -0.2) is 30.6 Å². The van der Waals surface area contributed by atoms with Crippen molar-refractivity contribution in [2.75, 3.05) is 11.4 Å². The topological polar surface area (TPSA) is 61.4 Å². The van der Waals surface area contributed by atoms with E-state index in [0.717, 1.165) is 6.42 Å². The predicted molar refractivity (Wildman–Crippen MR) is 78.6 cm³/mol. The van der Waals surface area contributed by atoms with E-state index >= 15 is 0 Å². The molecule has 1 aromatic rings. The Kier molecular flexibility index (Phi) is 4.77. The van der Waals surface area contributed by atoms with Gasteiger partial charge in [0.1, 0.15) is 5.82 Å². The number of amides is 3. The minimum absolute atomic E-state index is 0.0737. The molecule has 6 heteroatoms. The van der Waals surface area contributed by atoms with E-state index in [0.29, 0.717) is 12.2 Å². The van der Waals surface area contributed by atoms with E-state index in [1.54, 1.807) is 17.0 Å². The highest BCUT2D eigenvalue weighted by molar-refractivity contribution is 5.96. The van der Waals surface area contributed by atoms with E-state index in [1.807, 2.05) is 13.8 Å². The molecule has 1 aromatic carbocycles. The Hall–Kier alpha value is -2.11. The summed E-state index contributed by atoms with van der Waals surface area (Å²) in [5, 5.41) is 5.60. The number of carbonyl (C=O) groups excluding carboxylic acids is 2. The van der Waals surface area contributed by atoms with E-state index in [9.17, 15) is 14.0 Å². The molecule has 1 aliphatic heterocycles. The van der Waals surface area contributed by atoms with E-state index in [1.165, 1.54) is 12.1 Å². The molecule has 1 fully saturated rings. The zero-order chi connectivity index (χ0) is 15.4. The quantitative estimate of drug-likeness (QED) is 0.892. The van der Waals surface area contributed by atoms with Crippen molar-refractivity contribution < 1.29 is 14.0 Å². The summed E-state index contributed by atoms with van der Waals surface area (Å²) in [6.07, 6.45) is 1.10. The molecule has 5 nitrogen and oxygen atoms in total. The first-order chi connectivity index (χ1) is 9.99. The fraction of sp³-hybridized carbons (Fsp3) is 0.467. The summed E-state index contributed by atoms with van der Waals surface area (Å²) >= 11 is 0. The van der Waals surface area contributed by atoms with Crippen LogP contribution in [0.15, 0.2) is 24.3 Å². The van der Waals surface area contributed by atoms with Crippen LogP contribution in [0.1, 0.15) is 26.7 Å². The lowest BCUT2D eigenvalue weighted by Gasteiger charge is -2.18. The summed E-state index contributed by atoms with van der Waals surface area (Å²) in [5.74, 6) is -0.413. The third kappa shape index (κ3) is 3.93. The Balaban J connectivity index is 1.93. The summed E-state index contributed by atoms with van der Waals surface area (Å²) in [7, 11) is 0. The highest BCUT2D eigenvalue weighted by Crippen LogP contribution is 2.21. The molecule has 1 heterocycles. The van der Waals surface area contributed by atoms with Crippen molar-refractivity contribution in [2.45, 2.75) is 38.8 Å². The molecular weight excluding hydrogens is 273 g/mol. The number of nitrogens with one attached hydrogen (secondary N) is 2. The molecule has 2 atom stereocenters. The van der Waals surface area contributed by atoms with Gasteiger partial charge in [-0.05, 0) is 37.6 Å². The fourth-order valence-electron chi connectivity index (χ4n) is 2.23. The third-order valence-corrected chi connectivity index (χ3v) is 3.59. The number of anilines is 1. The molecule has 2 rings (SSSR count). The maximum Gasteiger partial charge on any atom is 0.315 e. The normalized spacial score (nSPS) is 19.5. The van der Waals surface area contributed by atoms with Gasteiger partial charge in [-0.1, -0.05) is 6.92 Å². The van der Waals surface area contributed by atoms with Crippen molar-refractivity contribution in [2.24, 2.45) is 0 Å². The molecule has 3 amide bonds. The Labute approximate surface area is 123 Å². The standard InChI is InChI=1S/C15H20FN3O2/c1-3-10(2)17-15(21)18-12-8-14(20)19(9-12)13-6-4-11(16)5-7-13/h4-7,10,12H,3,8-9H2,1-2H3,(H2,17,18,21)/t10-,12-/m0/s1. The minimum atomic E-state index is -0.340. The predicted octanol–water partition coefficient (Wildman–Crippen LogP) is 2.03. The van der Waals surface area contributed by atoms with Gasteiger partial charge < -0.3 is 15.5 Å². The molecule has 0 bridgehead atoms. The van der Waals surface area contributed by atoms with E-state index in [2.05, 4.69) is 10.6 Å². The SMILES string of the molecule is CC[C@H](C)NC(=O)N[C@H]1CC(=O)N(c2ccc(F)cc2)C1. The van der Waals surface area contributed by atoms with Crippen LogP contribution in [0.25, 0.3) is 0 Å². The van der Waals surface area contributed by atoms with Gasteiger partial charge in [-0.15, -0.1) is 0 Å². The van der Waals surface area contributed by atoms with Crippen molar-refractivity contribution in [1.82, 2.24) is 10.6 Å². The second kappa shape index (κ2) is 6.56. The van der Waals surface area contributed by atoms with Gasteiger partial charge in [0.25, 0.3) is 0 Å². The van der Waals surface area contributed by atoms with Gasteiger partial charge in [-0.3, -0.25) is 4.79 Å². The first-order valence-electron chi connectivity index (χ1n) is 7.12. The van der Waals surface area contributed by atoms with Crippen LogP contribution in [0.3, 0.4) is 0 Å². The number of urea groups is 1. The summed E-state index contributed by atoms with van der Waals surface area (Å²) in [4.78, 5) is 25.3. The van der Waals surface area contributed by atoms with E-state index in [-0.39, 0.29) is 36.3 Å². The first kappa shape index (κ1) is 15.3. The van der Waals surface area contributed by atoms with Gasteiger partial charge >= 0.3 is 6.03 Å². The molecule has 0 aromatic heterocycles. The molecule has 0 saturated carbocycles. The number of halogens is 1. The number of rotatable bonds is 4. The monoisotopic (exact) mass is 293 g/mol. The minimum Gasteiger partial charge on any atom is -0.336 e. The van der Waals surface area contributed by atoms with Gasteiger partial charge in [0.05, 0.1) is 6.04 Å². The fourth-order valence-corrected chi connectivity index (χ4v) is 2.23. The van der Waals surface area contributed by atoms with Gasteiger partial charge in [0, 0.05) is 24.7 Å². The van der Waals surface area contributed by atoms with Crippen LogP contribution < -0.4 is 15.5 Å². The second-order valence-electron chi connectivity index (χ2n) is 5.31. The molecule has 0 radical (unpaired) electrons. The number of benzene rings is 1. The average Bonchev–Trinajstić information content (AvgIpc) is 2.80. The van der Waals surface area contributed by atoms with Crippen LogP contribution in [0, 0.1) is 5.82 Å². The average molecular weight is 293 g/mol. The molecule has 1 saturated heterocycles. The number of hydrogen-bond acceptors (Lipinski definition) is 2. The zero-order valence-corrected chi connectivity index (χ0v) is 12.2.